The highest BCUT2D eigenvalue weighted by molar-refractivity contribution is 7.88. The predicted octanol–water partition coefficient (Wildman–Crippen LogP) is 1.12. The highest BCUT2D eigenvalue weighted by Gasteiger charge is 2.10. The van der Waals surface area contributed by atoms with E-state index in [-0.39, 0.29) is 12.4 Å². The molecule has 0 saturated heterocycles. The number of sulfonamides is 1. The number of aromatic nitrogens is 3. The number of H-pyrrole nitrogens is 1. The summed E-state index contributed by atoms with van der Waals surface area (Å²) in [6, 6.07) is 5.64. The van der Waals surface area contributed by atoms with Crippen molar-refractivity contribution in [3.63, 3.8) is 0 Å². The molecule has 0 unspecified atom stereocenters. The van der Waals surface area contributed by atoms with Gasteiger partial charge in [0.1, 0.15) is 5.82 Å². The van der Waals surface area contributed by atoms with Crippen LogP contribution in [0, 0.1) is 10.6 Å². The number of benzene rings is 1. The molecule has 9 heteroatoms. The molecular weight excluding hydrogens is 291 g/mol. The molecule has 19 heavy (non-hydrogen) atoms. The Labute approximate surface area is 114 Å². The molecule has 0 aliphatic carbocycles. The molecular formula is C10H11FN4O2S2. The quantitative estimate of drug-likeness (QED) is 0.829. The summed E-state index contributed by atoms with van der Waals surface area (Å²) in [7, 11) is -3.33. The number of hydrogen-bond donors (Lipinski definition) is 2. The Morgan fingerprint density at radius 3 is 2.63 bits per heavy atom. The summed E-state index contributed by atoms with van der Waals surface area (Å²) in [5.74, 6) is 0.0246. The van der Waals surface area contributed by atoms with Gasteiger partial charge in [0, 0.05) is 5.69 Å². The van der Waals surface area contributed by atoms with Crippen molar-refractivity contribution in [1.29, 1.82) is 0 Å². The Kier molecular flexibility index (Phi) is 3.78. The molecule has 102 valence electrons. The summed E-state index contributed by atoms with van der Waals surface area (Å²) >= 11 is 5.07. The molecule has 0 fully saturated rings. The van der Waals surface area contributed by atoms with Crippen molar-refractivity contribution in [3.8, 4) is 5.69 Å². The van der Waals surface area contributed by atoms with Crippen LogP contribution in [0.3, 0.4) is 0 Å². The van der Waals surface area contributed by atoms with Crippen LogP contribution in [0.25, 0.3) is 5.69 Å². The van der Waals surface area contributed by atoms with Crippen molar-refractivity contribution in [2.75, 3.05) is 6.26 Å². The van der Waals surface area contributed by atoms with Gasteiger partial charge >= 0.3 is 0 Å². The van der Waals surface area contributed by atoms with E-state index in [1.54, 1.807) is 0 Å². The van der Waals surface area contributed by atoms with Crippen molar-refractivity contribution < 1.29 is 12.8 Å². The first-order valence-corrected chi connectivity index (χ1v) is 7.53. The lowest BCUT2D eigenvalue weighted by molar-refractivity contribution is 0.584. The van der Waals surface area contributed by atoms with Gasteiger partial charge < -0.3 is 0 Å². The molecule has 0 saturated carbocycles. The Morgan fingerprint density at radius 1 is 1.42 bits per heavy atom. The zero-order valence-corrected chi connectivity index (χ0v) is 11.6. The van der Waals surface area contributed by atoms with Gasteiger partial charge in [-0.15, -0.1) is 0 Å². The second kappa shape index (κ2) is 5.19. The summed E-state index contributed by atoms with van der Waals surface area (Å²) in [6.07, 6.45) is 1.05. The van der Waals surface area contributed by atoms with Crippen LogP contribution >= 0.6 is 12.2 Å². The van der Waals surface area contributed by atoms with Gasteiger partial charge in [0.15, 0.2) is 10.6 Å². The van der Waals surface area contributed by atoms with Crippen LogP contribution in [0.15, 0.2) is 24.3 Å². The number of rotatable bonds is 4. The van der Waals surface area contributed by atoms with E-state index >= 15 is 0 Å². The summed E-state index contributed by atoms with van der Waals surface area (Å²) in [5, 5.41) is 6.52. The van der Waals surface area contributed by atoms with E-state index in [0.29, 0.717) is 16.3 Å². The van der Waals surface area contributed by atoms with Gasteiger partial charge in [-0.05, 0) is 36.5 Å². The van der Waals surface area contributed by atoms with Gasteiger partial charge in [0.25, 0.3) is 0 Å². The molecule has 0 aliphatic rings. The van der Waals surface area contributed by atoms with Crippen LogP contribution in [-0.4, -0.2) is 29.4 Å². The third kappa shape index (κ3) is 3.46. The molecule has 2 N–H and O–H groups in total. The van der Waals surface area contributed by atoms with Gasteiger partial charge in [-0.25, -0.2) is 17.5 Å². The van der Waals surface area contributed by atoms with E-state index in [0.717, 1.165) is 6.26 Å². The molecule has 0 aliphatic heterocycles. The SMILES string of the molecule is CS(=O)(=O)NCc1n[nH]c(=S)n1-c1ccc(F)cc1. The van der Waals surface area contributed by atoms with E-state index < -0.39 is 10.0 Å². The Balaban J connectivity index is 2.38. The Hall–Kier alpha value is -1.58. The second-order valence-corrected chi connectivity index (χ2v) is 6.07. The minimum absolute atomic E-state index is 0.0106. The molecule has 0 atom stereocenters. The minimum atomic E-state index is -3.33. The van der Waals surface area contributed by atoms with Gasteiger partial charge in [0.05, 0.1) is 12.8 Å². The summed E-state index contributed by atoms with van der Waals surface area (Å²) in [5.41, 5.74) is 0.602. The standard InChI is InChI=1S/C10H11FN4O2S2/c1-19(16,17)12-6-9-13-14-10(18)15(9)8-4-2-7(11)3-5-8/h2-5,12H,6H2,1H3,(H,14,18). The second-order valence-electron chi connectivity index (χ2n) is 3.85. The lowest BCUT2D eigenvalue weighted by Gasteiger charge is -2.07. The molecule has 1 aromatic carbocycles. The maximum Gasteiger partial charge on any atom is 0.209 e. The summed E-state index contributed by atoms with van der Waals surface area (Å²) in [6.45, 7) is -0.0106. The van der Waals surface area contributed by atoms with E-state index in [1.165, 1.54) is 28.8 Å². The highest BCUT2D eigenvalue weighted by Crippen LogP contribution is 2.12. The smallest absolute Gasteiger partial charge is 0.209 e. The molecule has 1 heterocycles. The van der Waals surface area contributed by atoms with Crippen molar-refractivity contribution in [1.82, 2.24) is 19.5 Å². The fourth-order valence-corrected chi connectivity index (χ4v) is 2.15. The molecule has 1 aromatic heterocycles. The van der Waals surface area contributed by atoms with E-state index in [9.17, 15) is 12.8 Å². The molecule has 2 aromatic rings. The lowest BCUT2D eigenvalue weighted by atomic mass is 10.3. The topological polar surface area (TPSA) is 79.8 Å². The zero-order valence-electron chi connectivity index (χ0n) is 9.92. The van der Waals surface area contributed by atoms with Crippen LogP contribution in [-0.2, 0) is 16.6 Å². The average Bonchev–Trinajstić information content (AvgIpc) is 2.68. The average molecular weight is 302 g/mol. The van der Waals surface area contributed by atoms with Crippen molar-refractivity contribution in [2.45, 2.75) is 6.54 Å². The first-order chi connectivity index (χ1) is 8.87. The molecule has 0 spiro atoms. The van der Waals surface area contributed by atoms with Crippen molar-refractivity contribution in [3.05, 3.63) is 40.7 Å². The van der Waals surface area contributed by atoms with Crippen molar-refractivity contribution >= 4 is 22.2 Å². The third-order valence-electron chi connectivity index (χ3n) is 2.32. The summed E-state index contributed by atoms with van der Waals surface area (Å²) < 4.78 is 39.2. The number of nitrogens with one attached hydrogen (secondary N) is 2. The highest BCUT2D eigenvalue weighted by atomic mass is 32.2. The lowest BCUT2D eigenvalue weighted by Crippen LogP contribution is -2.23. The van der Waals surface area contributed by atoms with Crippen LogP contribution in [0.5, 0.6) is 0 Å². The monoisotopic (exact) mass is 302 g/mol. The number of nitrogens with zero attached hydrogens (tertiary/aromatic N) is 2. The maximum atomic E-state index is 12.9. The van der Waals surface area contributed by atoms with Gasteiger partial charge in [-0.3, -0.25) is 9.67 Å². The predicted molar refractivity (Wildman–Crippen MR) is 70.4 cm³/mol. The molecule has 2 rings (SSSR count). The Morgan fingerprint density at radius 2 is 2.05 bits per heavy atom. The molecule has 0 amide bonds. The van der Waals surface area contributed by atoms with E-state index in [2.05, 4.69) is 14.9 Å². The van der Waals surface area contributed by atoms with Gasteiger partial charge in [-0.1, -0.05) is 0 Å². The fourth-order valence-electron chi connectivity index (χ4n) is 1.50. The van der Waals surface area contributed by atoms with Gasteiger partial charge in [0.2, 0.25) is 10.0 Å². The first kappa shape index (κ1) is 13.8. The van der Waals surface area contributed by atoms with Gasteiger partial charge in [-0.2, -0.15) is 5.10 Å². The van der Waals surface area contributed by atoms with E-state index in [4.69, 9.17) is 12.2 Å². The molecule has 0 bridgehead atoms. The van der Waals surface area contributed by atoms with Crippen LogP contribution in [0.2, 0.25) is 0 Å². The largest absolute Gasteiger partial charge is 0.271 e. The Bertz CT molecular complexity index is 734. The normalized spacial score (nSPS) is 11.7. The summed E-state index contributed by atoms with van der Waals surface area (Å²) in [4.78, 5) is 0. The third-order valence-corrected chi connectivity index (χ3v) is 3.26. The number of hydrogen-bond acceptors (Lipinski definition) is 4. The van der Waals surface area contributed by atoms with Crippen molar-refractivity contribution in [2.24, 2.45) is 0 Å². The zero-order chi connectivity index (χ0) is 14.0. The maximum absolute atomic E-state index is 12.9. The van der Waals surface area contributed by atoms with E-state index in [1.807, 2.05) is 0 Å². The minimum Gasteiger partial charge on any atom is -0.271 e. The van der Waals surface area contributed by atoms with Crippen LogP contribution < -0.4 is 4.72 Å². The van der Waals surface area contributed by atoms with Crippen LogP contribution in [0.1, 0.15) is 5.82 Å². The molecule has 6 nitrogen and oxygen atoms in total. The fraction of sp³-hybridized carbons (Fsp3) is 0.200. The first-order valence-electron chi connectivity index (χ1n) is 5.24. The van der Waals surface area contributed by atoms with Crippen LogP contribution in [0.4, 0.5) is 4.39 Å². The number of halogens is 1. The molecule has 0 radical (unpaired) electrons. The number of aromatic amines is 1.